The summed E-state index contributed by atoms with van der Waals surface area (Å²) in [5, 5.41) is 10.0. The van der Waals surface area contributed by atoms with Crippen LogP contribution in [0.2, 0.25) is 0 Å². The second-order valence-electron chi connectivity index (χ2n) is 10.4. The molecule has 6 aromatic carbocycles. The lowest BCUT2D eigenvalue weighted by molar-refractivity contribution is -0.118. The molecule has 6 nitrogen and oxygen atoms in total. The van der Waals surface area contributed by atoms with Gasteiger partial charge in [0.25, 0.3) is 11.8 Å². The zero-order valence-corrected chi connectivity index (χ0v) is 27.2. The van der Waals surface area contributed by atoms with Gasteiger partial charge < -0.3 is 20.1 Å². The smallest absolute Gasteiger partial charge is 0.262 e. The molecule has 0 radical (unpaired) electrons. The van der Waals surface area contributed by atoms with Crippen LogP contribution in [0.1, 0.15) is 11.1 Å². The highest BCUT2D eigenvalue weighted by molar-refractivity contribution is 9.11. The third-order valence-corrected chi connectivity index (χ3v) is 8.89. The van der Waals surface area contributed by atoms with E-state index in [1.54, 1.807) is 0 Å². The number of benzene rings is 6. The molecule has 0 aliphatic carbocycles. The third kappa shape index (κ3) is 7.53. The predicted molar refractivity (Wildman–Crippen MR) is 187 cm³/mol. The fraction of sp³-hybridized carbons (Fsp3) is 0.0811. The van der Waals surface area contributed by atoms with Crippen LogP contribution in [-0.2, 0) is 16.0 Å². The monoisotopic (exact) mass is 722 g/mol. The van der Waals surface area contributed by atoms with Crippen molar-refractivity contribution in [2.24, 2.45) is 0 Å². The molecule has 8 heteroatoms. The Kier molecular flexibility index (Phi) is 9.43. The van der Waals surface area contributed by atoms with Crippen LogP contribution in [0.5, 0.6) is 11.5 Å². The minimum absolute atomic E-state index is 0.102. The highest BCUT2D eigenvalue weighted by Crippen LogP contribution is 2.34. The van der Waals surface area contributed by atoms with Crippen molar-refractivity contribution in [1.29, 1.82) is 0 Å². The van der Waals surface area contributed by atoms with Gasteiger partial charge in [-0.1, -0.05) is 84.9 Å². The quantitative estimate of drug-likeness (QED) is 0.148. The Morgan fingerprint density at radius 1 is 0.511 bits per heavy atom. The average Bonchev–Trinajstić information content (AvgIpc) is 3.06. The van der Waals surface area contributed by atoms with Gasteiger partial charge in [0.05, 0.1) is 8.95 Å². The van der Waals surface area contributed by atoms with Gasteiger partial charge in [-0.25, -0.2) is 0 Å². The van der Waals surface area contributed by atoms with Crippen LogP contribution in [0.15, 0.2) is 130 Å². The van der Waals surface area contributed by atoms with Crippen molar-refractivity contribution in [2.45, 2.75) is 6.42 Å². The largest absolute Gasteiger partial charge is 0.483 e. The van der Waals surface area contributed by atoms with E-state index in [9.17, 15) is 9.59 Å². The van der Waals surface area contributed by atoms with E-state index in [0.29, 0.717) is 29.3 Å². The molecule has 0 saturated heterocycles. The minimum Gasteiger partial charge on any atom is -0.483 e. The van der Waals surface area contributed by atoms with E-state index in [2.05, 4.69) is 42.5 Å². The van der Waals surface area contributed by atoms with Gasteiger partial charge in [-0.3, -0.25) is 9.59 Å². The summed E-state index contributed by atoms with van der Waals surface area (Å²) in [6.07, 6.45) is 0.709. The predicted octanol–water partition coefficient (Wildman–Crippen LogP) is 9.14. The van der Waals surface area contributed by atoms with Crippen molar-refractivity contribution in [3.8, 4) is 11.5 Å². The summed E-state index contributed by atoms with van der Waals surface area (Å²) in [6, 6.07) is 39.0. The molecule has 0 spiro atoms. The lowest BCUT2D eigenvalue weighted by atomic mass is 10.0. The van der Waals surface area contributed by atoms with Crippen LogP contribution in [0.4, 0.5) is 11.4 Å². The Hall–Kier alpha value is -4.66. The van der Waals surface area contributed by atoms with E-state index in [4.69, 9.17) is 9.47 Å². The normalized spacial score (nSPS) is 10.9. The average molecular weight is 724 g/mol. The summed E-state index contributed by atoms with van der Waals surface area (Å²) in [4.78, 5) is 25.1. The summed E-state index contributed by atoms with van der Waals surface area (Å²) in [6.45, 7) is -0.205. The molecule has 224 valence electrons. The number of halogens is 2. The van der Waals surface area contributed by atoms with Crippen LogP contribution in [0, 0.1) is 0 Å². The van der Waals surface area contributed by atoms with Crippen LogP contribution in [0.25, 0.3) is 21.5 Å². The fourth-order valence-corrected chi connectivity index (χ4v) is 6.19. The molecular formula is C37H28Br2N2O4. The number of nitrogens with one attached hydrogen (secondary N) is 2. The van der Waals surface area contributed by atoms with Crippen LogP contribution < -0.4 is 20.1 Å². The molecule has 6 rings (SSSR count). The van der Waals surface area contributed by atoms with Crippen molar-refractivity contribution in [1.82, 2.24) is 0 Å². The second-order valence-corrected chi connectivity index (χ2v) is 12.0. The van der Waals surface area contributed by atoms with Gasteiger partial charge in [-0.15, -0.1) is 0 Å². The van der Waals surface area contributed by atoms with Gasteiger partial charge in [0.1, 0.15) is 11.5 Å². The van der Waals surface area contributed by atoms with E-state index >= 15 is 0 Å². The second kappa shape index (κ2) is 14.0. The maximum Gasteiger partial charge on any atom is 0.262 e. The first-order valence-electron chi connectivity index (χ1n) is 14.3. The summed E-state index contributed by atoms with van der Waals surface area (Å²) < 4.78 is 13.2. The van der Waals surface area contributed by atoms with Crippen LogP contribution in [0.3, 0.4) is 0 Å². The molecule has 0 bridgehead atoms. The van der Waals surface area contributed by atoms with E-state index < -0.39 is 0 Å². The van der Waals surface area contributed by atoms with Gasteiger partial charge in [0.15, 0.2) is 13.2 Å². The number of amides is 2. The molecule has 6 aromatic rings. The molecule has 0 heterocycles. The maximum absolute atomic E-state index is 12.5. The number of carbonyl (C=O) groups excluding carboxylic acids is 2. The molecule has 0 aliphatic rings. The fourth-order valence-electron chi connectivity index (χ4n) is 4.98. The lowest BCUT2D eigenvalue weighted by Gasteiger charge is -2.11. The Bertz CT molecular complexity index is 1850. The topological polar surface area (TPSA) is 76.7 Å². The first-order valence-corrected chi connectivity index (χ1v) is 15.9. The summed E-state index contributed by atoms with van der Waals surface area (Å²) in [5.74, 6) is 0.756. The number of fused-ring (bicyclic) bond motifs is 2. The number of ether oxygens (including phenoxy) is 2. The highest BCUT2D eigenvalue weighted by atomic mass is 79.9. The van der Waals surface area contributed by atoms with E-state index in [1.807, 2.05) is 121 Å². The Morgan fingerprint density at radius 2 is 0.911 bits per heavy atom. The molecule has 0 atom stereocenters. The Labute approximate surface area is 277 Å². The molecule has 0 aliphatic heterocycles. The number of hydrogen-bond acceptors (Lipinski definition) is 4. The van der Waals surface area contributed by atoms with Gasteiger partial charge in [0.2, 0.25) is 0 Å². The van der Waals surface area contributed by atoms with Gasteiger partial charge in [-0.05, 0) is 107 Å². The Morgan fingerprint density at radius 3 is 1.33 bits per heavy atom. The van der Waals surface area contributed by atoms with E-state index in [0.717, 1.165) is 41.6 Å². The molecule has 0 unspecified atom stereocenters. The van der Waals surface area contributed by atoms with Crippen molar-refractivity contribution in [2.75, 3.05) is 23.8 Å². The first kappa shape index (κ1) is 30.4. The molecule has 0 aromatic heterocycles. The van der Waals surface area contributed by atoms with Crippen molar-refractivity contribution in [3.63, 3.8) is 0 Å². The minimum atomic E-state index is -0.240. The number of rotatable bonds is 10. The number of anilines is 2. The summed E-state index contributed by atoms with van der Waals surface area (Å²) in [5.41, 5.74) is 3.58. The molecule has 2 N–H and O–H groups in total. The zero-order valence-electron chi connectivity index (χ0n) is 24.1. The lowest BCUT2D eigenvalue weighted by Crippen LogP contribution is -2.20. The number of hydrogen-bond donors (Lipinski definition) is 2. The van der Waals surface area contributed by atoms with Crippen molar-refractivity contribution in [3.05, 3.63) is 141 Å². The summed E-state index contributed by atoms with van der Waals surface area (Å²) in [7, 11) is 0. The molecule has 45 heavy (non-hydrogen) atoms. The summed E-state index contributed by atoms with van der Waals surface area (Å²) >= 11 is 7.18. The van der Waals surface area contributed by atoms with Crippen LogP contribution in [-0.4, -0.2) is 25.0 Å². The zero-order chi connectivity index (χ0) is 31.2. The van der Waals surface area contributed by atoms with Crippen LogP contribution >= 0.6 is 31.9 Å². The first-order chi connectivity index (χ1) is 21.9. The number of carbonyl (C=O) groups is 2. The molecule has 2 amide bonds. The molecule has 0 saturated carbocycles. The van der Waals surface area contributed by atoms with E-state index in [1.165, 1.54) is 0 Å². The van der Waals surface area contributed by atoms with Crippen molar-refractivity contribution < 1.29 is 19.1 Å². The molecule has 0 fully saturated rings. The maximum atomic E-state index is 12.5. The molecular weight excluding hydrogens is 696 g/mol. The third-order valence-electron chi connectivity index (χ3n) is 7.26. The SMILES string of the molecule is O=C(COc1ccc2ccccc2c1Br)Nc1ccc(Cc2ccc(NC(=O)COc3ccc4ccccc4c3Br)cc2)cc1. The highest BCUT2D eigenvalue weighted by Gasteiger charge is 2.11. The van der Waals surface area contributed by atoms with Gasteiger partial charge in [-0.2, -0.15) is 0 Å². The van der Waals surface area contributed by atoms with Gasteiger partial charge >= 0.3 is 0 Å². The Balaban J connectivity index is 0.965. The van der Waals surface area contributed by atoms with Gasteiger partial charge in [0, 0.05) is 11.4 Å². The standard InChI is InChI=1S/C37H28Br2N2O4/c38-36-30-7-3-1-5-26(30)13-19-32(36)44-22-34(42)40-28-15-9-24(10-16-28)21-25-11-17-29(18-12-25)41-35(43)23-45-33-20-14-27-6-2-4-8-31(27)37(33)39/h1-20H,21-23H2,(H,40,42)(H,41,43). The van der Waals surface area contributed by atoms with Crippen molar-refractivity contribution >= 4 is 76.6 Å². The van der Waals surface area contributed by atoms with E-state index in [-0.39, 0.29) is 25.0 Å².